The average molecular weight is 532 g/mol. The lowest BCUT2D eigenvalue weighted by atomic mass is 9.81. The smallest absolute Gasteiger partial charge is 0.444 e. The SMILES string of the molecule is CC(NC(=O)OC(C)(C)C)C(=O)N1CCC(CN(c2ncc(B3OC(C)(C)C(C)(C)O3)cn2)C(C)C)CC1. The molecule has 11 heteroatoms. The molecule has 0 bridgehead atoms. The van der Waals surface area contributed by atoms with E-state index in [1.165, 1.54) is 0 Å². The second-order valence-electron chi connectivity index (χ2n) is 12.8. The number of alkyl carbamates (subject to hydrolysis) is 1. The van der Waals surface area contributed by atoms with Gasteiger partial charge in [-0.15, -0.1) is 0 Å². The lowest BCUT2D eigenvalue weighted by Crippen LogP contribution is -2.51. The van der Waals surface area contributed by atoms with Crippen LogP contribution < -0.4 is 15.7 Å². The number of hydrogen-bond acceptors (Lipinski definition) is 8. The largest absolute Gasteiger partial charge is 0.498 e. The van der Waals surface area contributed by atoms with Crippen molar-refractivity contribution >= 4 is 30.5 Å². The predicted molar refractivity (Wildman–Crippen MR) is 148 cm³/mol. The first-order valence-corrected chi connectivity index (χ1v) is 13.7. The molecule has 10 nitrogen and oxygen atoms in total. The van der Waals surface area contributed by atoms with Crippen molar-refractivity contribution in [3.8, 4) is 0 Å². The molecular weight excluding hydrogens is 485 g/mol. The normalized spacial score (nSPS) is 20.4. The zero-order valence-corrected chi connectivity index (χ0v) is 24.8. The van der Waals surface area contributed by atoms with E-state index >= 15 is 0 Å². The van der Waals surface area contributed by atoms with Gasteiger partial charge in [-0.2, -0.15) is 0 Å². The van der Waals surface area contributed by atoms with Gasteiger partial charge in [0.2, 0.25) is 11.9 Å². The van der Waals surface area contributed by atoms with Crippen molar-refractivity contribution in [2.45, 2.75) is 111 Å². The van der Waals surface area contributed by atoms with E-state index in [1.54, 1.807) is 40.1 Å². The maximum atomic E-state index is 12.9. The van der Waals surface area contributed by atoms with Crippen molar-refractivity contribution in [1.29, 1.82) is 0 Å². The number of piperidine rings is 1. The standard InChI is InChI=1S/C27H46BN5O5/c1-18(2)33(23-29-15-21(16-30-23)28-37-26(7,8)27(9,10)38-28)17-20-11-13-32(14-12-20)22(34)19(3)31-24(35)36-25(4,5)6/h15-16,18-20H,11-14,17H2,1-10H3,(H,31,35). The molecule has 1 N–H and O–H groups in total. The van der Waals surface area contributed by atoms with Crippen LogP contribution in [0.15, 0.2) is 12.4 Å². The van der Waals surface area contributed by atoms with E-state index in [9.17, 15) is 9.59 Å². The molecule has 2 fully saturated rings. The first-order chi connectivity index (χ1) is 17.5. The molecule has 0 radical (unpaired) electrons. The number of carbonyl (C=O) groups excluding carboxylic acids is 2. The van der Waals surface area contributed by atoms with Crippen molar-refractivity contribution in [3.05, 3.63) is 12.4 Å². The van der Waals surface area contributed by atoms with Crippen LogP contribution in [0, 0.1) is 5.92 Å². The van der Waals surface area contributed by atoms with E-state index in [1.807, 2.05) is 32.6 Å². The predicted octanol–water partition coefficient (Wildman–Crippen LogP) is 3.14. The number of hydrogen-bond donors (Lipinski definition) is 1. The van der Waals surface area contributed by atoms with Crippen LogP contribution in [0.3, 0.4) is 0 Å². The second kappa shape index (κ2) is 11.4. The minimum absolute atomic E-state index is 0.0864. The van der Waals surface area contributed by atoms with Gasteiger partial charge >= 0.3 is 13.2 Å². The number of nitrogens with one attached hydrogen (secondary N) is 1. The Morgan fingerprint density at radius 1 is 1.11 bits per heavy atom. The topological polar surface area (TPSA) is 106 Å². The monoisotopic (exact) mass is 531 g/mol. The van der Waals surface area contributed by atoms with Gasteiger partial charge < -0.3 is 29.2 Å². The molecule has 1 aromatic heterocycles. The molecule has 0 saturated carbocycles. The van der Waals surface area contributed by atoms with Gasteiger partial charge in [0, 0.05) is 43.5 Å². The molecule has 2 amide bonds. The van der Waals surface area contributed by atoms with E-state index in [-0.39, 0.29) is 11.9 Å². The van der Waals surface area contributed by atoms with Gasteiger partial charge in [-0.25, -0.2) is 14.8 Å². The number of ether oxygens (including phenoxy) is 1. The highest BCUT2D eigenvalue weighted by Crippen LogP contribution is 2.36. The summed E-state index contributed by atoms with van der Waals surface area (Å²) in [5.74, 6) is 0.993. The third kappa shape index (κ3) is 7.37. The van der Waals surface area contributed by atoms with Gasteiger partial charge in [0.1, 0.15) is 11.6 Å². The number of carbonyl (C=O) groups is 2. The van der Waals surface area contributed by atoms with Crippen molar-refractivity contribution in [3.63, 3.8) is 0 Å². The van der Waals surface area contributed by atoms with E-state index in [2.05, 4.69) is 34.0 Å². The Kier molecular flexibility index (Phi) is 9.03. The summed E-state index contributed by atoms with van der Waals surface area (Å²) in [4.78, 5) is 38.3. The summed E-state index contributed by atoms with van der Waals surface area (Å²) in [6, 6.07) is -0.417. The second-order valence-corrected chi connectivity index (χ2v) is 12.8. The molecule has 2 aliphatic rings. The molecule has 0 aliphatic carbocycles. The zero-order chi connectivity index (χ0) is 28.5. The van der Waals surface area contributed by atoms with Crippen LogP contribution in [0.2, 0.25) is 0 Å². The van der Waals surface area contributed by atoms with Crippen molar-refractivity contribution < 1.29 is 23.6 Å². The zero-order valence-electron chi connectivity index (χ0n) is 24.8. The van der Waals surface area contributed by atoms with Crippen molar-refractivity contribution in [2.75, 3.05) is 24.5 Å². The Morgan fingerprint density at radius 3 is 2.11 bits per heavy atom. The fourth-order valence-corrected chi connectivity index (χ4v) is 4.54. The van der Waals surface area contributed by atoms with Gasteiger partial charge in [0.05, 0.1) is 11.2 Å². The summed E-state index contributed by atoms with van der Waals surface area (Å²) >= 11 is 0. The first kappa shape index (κ1) is 30.2. The van der Waals surface area contributed by atoms with Gasteiger partial charge in [-0.1, -0.05) is 0 Å². The number of amides is 2. The Bertz CT molecular complexity index is 955. The Balaban J connectivity index is 1.54. The fraction of sp³-hybridized carbons (Fsp3) is 0.778. The highest BCUT2D eigenvalue weighted by atomic mass is 16.7. The molecule has 1 aromatic rings. The van der Waals surface area contributed by atoms with E-state index in [0.29, 0.717) is 25.0 Å². The van der Waals surface area contributed by atoms with Crippen LogP contribution in [0.1, 0.15) is 82.1 Å². The lowest BCUT2D eigenvalue weighted by molar-refractivity contribution is -0.134. The van der Waals surface area contributed by atoms with Crippen LogP contribution in [0.25, 0.3) is 0 Å². The highest BCUT2D eigenvalue weighted by molar-refractivity contribution is 6.61. The minimum atomic E-state index is -0.635. The number of anilines is 1. The minimum Gasteiger partial charge on any atom is -0.444 e. The molecule has 38 heavy (non-hydrogen) atoms. The van der Waals surface area contributed by atoms with Crippen LogP contribution in [0.5, 0.6) is 0 Å². The fourth-order valence-electron chi connectivity index (χ4n) is 4.54. The van der Waals surface area contributed by atoms with E-state index < -0.39 is 36.1 Å². The third-order valence-corrected chi connectivity index (χ3v) is 7.55. The molecule has 0 spiro atoms. The van der Waals surface area contributed by atoms with Crippen LogP contribution in [-0.4, -0.2) is 82.5 Å². The number of aromatic nitrogens is 2. The summed E-state index contributed by atoms with van der Waals surface area (Å²) in [6.07, 6.45) is 4.76. The maximum Gasteiger partial charge on any atom is 0.498 e. The van der Waals surface area contributed by atoms with Crippen LogP contribution in [-0.2, 0) is 18.8 Å². The van der Waals surface area contributed by atoms with E-state index in [4.69, 9.17) is 14.0 Å². The average Bonchev–Trinajstić information content (AvgIpc) is 3.02. The summed E-state index contributed by atoms with van der Waals surface area (Å²) in [5.41, 5.74) is -0.638. The molecule has 3 heterocycles. The number of rotatable bonds is 7. The van der Waals surface area contributed by atoms with Crippen LogP contribution in [0.4, 0.5) is 10.7 Å². The Labute approximate surface area is 228 Å². The lowest BCUT2D eigenvalue weighted by Gasteiger charge is -2.37. The third-order valence-electron chi connectivity index (χ3n) is 7.55. The van der Waals surface area contributed by atoms with Gasteiger partial charge in [0.15, 0.2) is 0 Å². The molecule has 0 aromatic carbocycles. The molecule has 3 rings (SSSR count). The van der Waals surface area contributed by atoms with Gasteiger partial charge in [-0.3, -0.25) is 4.79 Å². The quantitative estimate of drug-likeness (QED) is 0.535. The number of nitrogens with zero attached hydrogens (tertiary/aromatic N) is 4. The molecule has 1 atom stereocenters. The Hall–Kier alpha value is -2.40. The van der Waals surface area contributed by atoms with Crippen LogP contribution >= 0.6 is 0 Å². The van der Waals surface area contributed by atoms with E-state index in [0.717, 1.165) is 24.8 Å². The highest BCUT2D eigenvalue weighted by Gasteiger charge is 2.52. The molecule has 1 unspecified atom stereocenters. The summed E-state index contributed by atoms with van der Waals surface area (Å²) in [5, 5.41) is 2.65. The first-order valence-electron chi connectivity index (χ1n) is 13.7. The summed E-state index contributed by atoms with van der Waals surface area (Å²) in [6.45, 7) is 21.6. The molecule has 212 valence electrons. The maximum absolute atomic E-state index is 12.9. The Morgan fingerprint density at radius 2 is 1.63 bits per heavy atom. The number of likely N-dealkylation sites (tertiary alicyclic amines) is 1. The molecule has 2 aliphatic heterocycles. The summed E-state index contributed by atoms with van der Waals surface area (Å²) in [7, 11) is -0.490. The molecular formula is C27H46BN5O5. The van der Waals surface area contributed by atoms with Gasteiger partial charge in [0.25, 0.3) is 0 Å². The molecule has 2 saturated heterocycles. The van der Waals surface area contributed by atoms with Gasteiger partial charge in [-0.05, 0) is 88.0 Å². The van der Waals surface area contributed by atoms with Crippen molar-refractivity contribution in [2.24, 2.45) is 5.92 Å². The van der Waals surface area contributed by atoms with Crippen molar-refractivity contribution in [1.82, 2.24) is 20.2 Å². The summed E-state index contributed by atoms with van der Waals surface area (Å²) < 4.78 is 17.5.